The van der Waals surface area contributed by atoms with Crippen molar-refractivity contribution in [2.75, 3.05) is 0 Å². The lowest BCUT2D eigenvalue weighted by molar-refractivity contribution is -0.695. The average Bonchev–Trinajstić information content (AvgIpc) is 2.79. The summed E-state index contributed by atoms with van der Waals surface area (Å²) in [6.07, 6.45) is 14.9. The molecule has 0 N–H and O–H groups in total. The van der Waals surface area contributed by atoms with Crippen molar-refractivity contribution in [3.8, 4) is 6.07 Å². The lowest BCUT2D eigenvalue weighted by Gasteiger charge is -1.98. The number of hydrogen-bond donors (Lipinski definition) is 0. The SMILES string of the molecule is CCCCCCCCn1cc[n+](CCC#N)c1. The lowest BCUT2D eigenvalue weighted by Crippen LogP contribution is -2.30. The Labute approximate surface area is 105 Å². The molecule has 0 aromatic carbocycles. The molecule has 1 heterocycles. The summed E-state index contributed by atoms with van der Waals surface area (Å²) in [5.41, 5.74) is 0. The second-order valence-corrected chi connectivity index (χ2v) is 4.57. The molecule has 3 heteroatoms. The summed E-state index contributed by atoms with van der Waals surface area (Å²) < 4.78 is 4.30. The first-order chi connectivity index (χ1) is 8.36. The first-order valence-corrected chi connectivity index (χ1v) is 6.78. The average molecular weight is 234 g/mol. The number of aryl methyl sites for hydroxylation is 2. The Hall–Kier alpha value is -1.30. The van der Waals surface area contributed by atoms with Crippen LogP contribution in [0.15, 0.2) is 18.7 Å². The number of hydrogen-bond acceptors (Lipinski definition) is 1. The molecule has 0 atom stereocenters. The molecule has 0 saturated carbocycles. The van der Waals surface area contributed by atoms with Crippen molar-refractivity contribution >= 4 is 0 Å². The highest BCUT2D eigenvalue weighted by Gasteiger charge is 2.02. The predicted molar refractivity (Wildman–Crippen MR) is 68.2 cm³/mol. The highest BCUT2D eigenvalue weighted by molar-refractivity contribution is 4.68. The van der Waals surface area contributed by atoms with Crippen LogP contribution in [0.25, 0.3) is 0 Å². The third-order valence-corrected chi connectivity index (χ3v) is 3.00. The largest absolute Gasteiger partial charge is 0.243 e. The summed E-state index contributed by atoms with van der Waals surface area (Å²) in [6, 6.07) is 2.17. The molecule has 0 saturated heterocycles. The summed E-state index contributed by atoms with van der Waals surface area (Å²) in [7, 11) is 0. The van der Waals surface area contributed by atoms with Gasteiger partial charge in [0.1, 0.15) is 18.9 Å². The first-order valence-electron chi connectivity index (χ1n) is 6.78. The molecular formula is C14H24N3+. The normalized spacial score (nSPS) is 10.4. The van der Waals surface area contributed by atoms with Crippen molar-refractivity contribution in [3.63, 3.8) is 0 Å². The second-order valence-electron chi connectivity index (χ2n) is 4.57. The Bertz CT molecular complexity index is 335. The van der Waals surface area contributed by atoms with E-state index in [9.17, 15) is 0 Å². The van der Waals surface area contributed by atoms with Gasteiger partial charge in [0, 0.05) is 0 Å². The van der Waals surface area contributed by atoms with E-state index in [0.717, 1.165) is 13.1 Å². The van der Waals surface area contributed by atoms with Gasteiger partial charge in [-0.15, -0.1) is 0 Å². The van der Waals surface area contributed by atoms with E-state index in [1.54, 1.807) is 0 Å². The van der Waals surface area contributed by atoms with Crippen LogP contribution in [-0.2, 0) is 13.1 Å². The van der Waals surface area contributed by atoms with Crippen LogP contribution >= 0.6 is 0 Å². The molecule has 1 aromatic heterocycles. The number of nitriles is 1. The van der Waals surface area contributed by atoms with Gasteiger partial charge >= 0.3 is 0 Å². The molecule has 1 rings (SSSR count). The van der Waals surface area contributed by atoms with Crippen molar-refractivity contribution < 1.29 is 4.57 Å². The maximum Gasteiger partial charge on any atom is 0.243 e. The number of unbranched alkanes of at least 4 members (excludes halogenated alkanes) is 5. The fraction of sp³-hybridized carbons (Fsp3) is 0.714. The Balaban J connectivity index is 2.10. The molecule has 0 amide bonds. The molecule has 0 spiro atoms. The third kappa shape index (κ3) is 6.11. The molecule has 0 bridgehead atoms. The van der Waals surface area contributed by atoms with E-state index in [2.05, 4.69) is 40.8 Å². The Kier molecular flexibility index (Phi) is 7.13. The van der Waals surface area contributed by atoms with Gasteiger partial charge in [-0.3, -0.25) is 0 Å². The van der Waals surface area contributed by atoms with Crippen LogP contribution in [0.5, 0.6) is 0 Å². The van der Waals surface area contributed by atoms with E-state index >= 15 is 0 Å². The molecule has 0 aliphatic rings. The molecule has 3 nitrogen and oxygen atoms in total. The first kappa shape index (κ1) is 13.8. The van der Waals surface area contributed by atoms with E-state index in [0.29, 0.717) is 6.42 Å². The van der Waals surface area contributed by atoms with Crippen LogP contribution in [0, 0.1) is 11.3 Å². The zero-order valence-electron chi connectivity index (χ0n) is 10.9. The highest BCUT2D eigenvalue weighted by Crippen LogP contribution is 2.05. The Morgan fingerprint density at radius 3 is 2.71 bits per heavy atom. The smallest absolute Gasteiger partial charge is 0.237 e. The zero-order chi connectivity index (χ0) is 12.3. The molecule has 0 aliphatic heterocycles. The van der Waals surface area contributed by atoms with Crippen molar-refractivity contribution in [2.24, 2.45) is 0 Å². The van der Waals surface area contributed by atoms with Gasteiger partial charge in [-0.1, -0.05) is 32.6 Å². The summed E-state index contributed by atoms with van der Waals surface area (Å²) >= 11 is 0. The molecule has 17 heavy (non-hydrogen) atoms. The third-order valence-electron chi connectivity index (χ3n) is 3.00. The monoisotopic (exact) mass is 234 g/mol. The molecule has 1 aromatic rings. The van der Waals surface area contributed by atoms with Gasteiger partial charge in [-0.2, -0.15) is 5.26 Å². The zero-order valence-corrected chi connectivity index (χ0v) is 10.9. The van der Waals surface area contributed by atoms with Gasteiger partial charge in [0.05, 0.1) is 19.0 Å². The van der Waals surface area contributed by atoms with Gasteiger partial charge < -0.3 is 0 Å². The van der Waals surface area contributed by atoms with E-state index in [1.165, 1.54) is 38.5 Å². The summed E-state index contributed by atoms with van der Waals surface area (Å²) in [4.78, 5) is 0. The van der Waals surface area contributed by atoms with E-state index < -0.39 is 0 Å². The number of aromatic nitrogens is 2. The minimum Gasteiger partial charge on any atom is -0.237 e. The molecular weight excluding hydrogens is 210 g/mol. The van der Waals surface area contributed by atoms with Crippen molar-refractivity contribution in [3.05, 3.63) is 18.7 Å². The van der Waals surface area contributed by atoms with Crippen molar-refractivity contribution in [1.82, 2.24) is 4.57 Å². The quantitative estimate of drug-likeness (QED) is 0.477. The molecule has 0 fully saturated rings. The predicted octanol–water partition coefficient (Wildman–Crippen LogP) is 3.05. The van der Waals surface area contributed by atoms with Gasteiger partial charge in [0.2, 0.25) is 6.33 Å². The maximum absolute atomic E-state index is 8.51. The number of imidazole rings is 1. The van der Waals surface area contributed by atoms with Crippen LogP contribution in [-0.4, -0.2) is 4.57 Å². The fourth-order valence-corrected chi connectivity index (χ4v) is 1.96. The number of nitrogens with zero attached hydrogens (tertiary/aromatic N) is 3. The topological polar surface area (TPSA) is 32.6 Å². The minimum absolute atomic E-state index is 0.589. The molecule has 0 radical (unpaired) electrons. The summed E-state index contributed by atoms with van der Waals surface area (Å²) in [6.45, 7) is 4.16. The highest BCUT2D eigenvalue weighted by atomic mass is 15.1. The van der Waals surface area contributed by atoms with Crippen LogP contribution in [0.3, 0.4) is 0 Å². The maximum atomic E-state index is 8.51. The van der Waals surface area contributed by atoms with Crippen LogP contribution < -0.4 is 4.57 Å². The van der Waals surface area contributed by atoms with E-state index in [1.807, 2.05) is 0 Å². The summed E-state index contributed by atoms with van der Waals surface area (Å²) in [5, 5.41) is 8.51. The minimum atomic E-state index is 0.589. The van der Waals surface area contributed by atoms with E-state index in [-0.39, 0.29) is 0 Å². The van der Waals surface area contributed by atoms with Crippen molar-refractivity contribution in [2.45, 2.75) is 65.0 Å². The number of rotatable bonds is 9. The molecule has 0 unspecified atom stereocenters. The Morgan fingerprint density at radius 1 is 1.18 bits per heavy atom. The van der Waals surface area contributed by atoms with Crippen molar-refractivity contribution in [1.29, 1.82) is 5.26 Å². The standard InChI is InChI=1S/C14H24N3/c1-2-3-4-5-6-7-10-16-12-13-17(14-16)11-8-9-15/h12-14H,2-8,10-11H2,1H3/q+1. The Morgan fingerprint density at radius 2 is 1.94 bits per heavy atom. The van der Waals surface area contributed by atoms with Crippen LogP contribution in [0.4, 0.5) is 0 Å². The van der Waals surface area contributed by atoms with Gasteiger partial charge in [-0.25, -0.2) is 9.13 Å². The fourth-order valence-electron chi connectivity index (χ4n) is 1.96. The lowest BCUT2D eigenvalue weighted by atomic mass is 10.1. The van der Waals surface area contributed by atoms with Gasteiger partial charge in [0.15, 0.2) is 0 Å². The summed E-state index contributed by atoms with van der Waals surface area (Å²) in [5.74, 6) is 0. The van der Waals surface area contributed by atoms with Gasteiger partial charge in [-0.05, 0) is 12.8 Å². The van der Waals surface area contributed by atoms with E-state index in [4.69, 9.17) is 5.26 Å². The van der Waals surface area contributed by atoms with Crippen LogP contribution in [0.2, 0.25) is 0 Å². The second kappa shape index (κ2) is 8.81. The van der Waals surface area contributed by atoms with Crippen LogP contribution in [0.1, 0.15) is 51.9 Å². The molecule has 0 aliphatic carbocycles. The molecule has 94 valence electrons. The van der Waals surface area contributed by atoms with Gasteiger partial charge in [0.25, 0.3) is 0 Å².